The number of rotatable bonds is 21. The smallest absolute Gasteiger partial charge is 0.407 e. The minimum Gasteiger partial charge on any atom is -0.458 e. The molecule has 3 rings (SSSR count). The highest BCUT2D eigenvalue weighted by molar-refractivity contribution is 5.94. The van der Waals surface area contributed by atoms with Crippen LogP contribution in [0.5, 0.6) is 0 Å². The van der Waals surface area contributed by atoms with Gasteiger partial charge in [0, 0.05) is 13.0 Å². The Labute approximate surface area is 379 Å². The molecule has 14 nitrogen and oxygen atoms in total. The fourth-order valence-corrected chi connectivity index (χ4v) is 6.64. The lowest BCUT2D eigenvalue weighted by atomic mass is 9.77. The van der Waals surface area contributed by atoms with E-state index in [1.807, 2.05) is 112 Å². The Morgan fingerprint density at radius 3 is 1.50 bits per heavy atom. The van der Waals surface area contributed by atoms with Crippen molar-refractivity contribution >= 4 is 35.7 Å². The minimum atomic E-state index is -1.23. The SMILES string of the molecule is C[C@H](NC(=O)[C@H](CCC(=O)NC(c1ccccc1)(c1ccccc1)c1ccccc1)NC(=O)[C@@H](C)COC(C)(C)C)C(=O)N[C@@H](CCCCNC(=O)OC(C)(C)C)C(=O)OC(C)(C)C. The second-order valence-corrected chi connectivity index (χ2v) is 19.1. The van der Waals surface area contributed by atoms with Gasteiger partial charge in [0.25, 0.3) is 0 Å². The Hall–Kier alpha value is -5.76. The maximum Gasteiger partial charge on any atom is 0.407 e. The molecule has 350 valence electrons. The number of benzene rings is 3. The summed E-state index contributed by atoms with van der Waals surface area (Å²) in [6, 6.07) is 25.4. The van der Waals surface area contributed by atoms with E-state index in [4.69, 9.17) is 14.2 Å². The molecule has 0 unspecified atom stereocenters. The van der Waals surface area contributed by atoms with Crippen molar-refractivity contribution in [3.8, 4) is 0 Å². The molecule has 0 spiro atoms. The third-order valence-corrected chi connectivity index (χ3v) is 9.80. The molecule has 4 atom stereocenters. The lowest BCUT2D eigenvalue weighted by molar-refractivity contribution is -0.159. The van der Waals surface area contributed by atoms with Crippen molar-refractivity contribution in [1.29, 1.82) is 0 Å². The van der Waals surface area contributed by atoms with Crippen LogP contribution in [-0.4, -0.2) is 83.8 Å². The molecule has 0 fully saturated rings. The Bertz CT molecular complexity index is 1880. The van der Waals surface area contributed by atoms with Crippen LogP contribution in [0.15, 0.2) is 91.0 Å². The third kappa shape index (κ3) is 17.8. The highest BCUT2D eigenvalue weighted by Crippen LogP contribution is 2.37. The van der Waals surface area contributed by atoms with Crippen LogP contribution in [0.3, 0.4) is 0 Å². The standard InChI is InChI=1S/C50H71N5O9/c1-34(33-62-47(3,4)5)42(57)53-39(30-31-41(56)55-50(36-23-15-12-16-24-36,37-25-17-13-18-26-37)38-27-19-14-20-28-38)44(59)52-35(2)43(58)54-40(45(60)63-48(6,7)8)29-21-22-32-51-46(61)64-49(9,10)11/h12-20,23-28,34-35,39-40H,21-22,29-33H2,1-11H3,(H,51,61)(H,52,59)(H,53,57)(H,54,58)(H,55,56)/t34-,35-,39-,40-/m0/s1. The van der Waals surface area contributed by atoms with Gasteiger partial charge in [0.1, 0.15) is 34.9 Å². The van der Waals surface area contributed by atoms with E-state index >= 15 is 0 Å². The van der Waals surface area contributed by atoms with Crippen LogP contribution >= 0.6 is 0 Å². The summed E-state index contributed by atoms with van der Waals surface area (Å²) in [6.45, 7) is 19.6. The average molecular weight is 886 g/mol. The molecule has 0 aliphatic heterocycles. The molecular weight excluding hydrogens is 815 g/mol. The summed E-state index contributed by atoms with van der Waals surface area (Å²) < 4.78 is 16.7. The summed E-state index contributed by atoms with van der Waals surface area (Å²) in [5.74, 6) is -3.53. The molecule has 5 N–H and O–H groups in total. The van der Waals surface area contributed by atoms with Gasteiger partial charge in [0.2, 0.25) is 23.6 Å². The zero-order chi connectivity index (χ0) is 47.7. The van der Waals surface area contributed by atoms with Crippen molar-refractivity contribution in [2.75, 3.05) is 13.2 Å². The van der Waals surface area contributed by atoms with Gasteiger partial charge in [-0.25, -0.2) is 9.59 Å². The van der Waals surface area contributed by atoms with Crippen LogP contribution in [0.25, 0.3) is 0 Å². The maximum atomic E-state index is 14.3. The van der Waals surface area contributed by atoms with E-state index in [-0.39, 0.29) is 38.3 Å². The van der Waals surface area contributed by atoms with Gasteiger partial charge in [-0.2, -0.15) is 0 Å². The number of nitrogens with one attached hydrogen (secondary N) is 5. The van der Waals surface area contributed by atoms with E-state index in [1.165, 1.54) is 6.92 Å². The van der Waals surface area contributed by atoms with Crippen molar-refractivity contribution in [1.82, 2.24) is 26.6 Å². The minimum absolute atomic E-state index is 0.0832. The molecule has 5 amide bonds. The van der Waals surface area contributed by atoms with Crippen molar-refractivity contribution in [3.63, 3.8) is 0 Å². The van der Waals surface area contributed by atoms with Crippen LogP contribution in [0.1, 0.15) is 125 Å². The molecular formula is C50H71N5O9. The van der Waals surface area contributed by atoms with Crippen LogP contribution in [-0.2, 0) is 43.7 Å². The summed E-state index contributed by atoms with van der Waals surface area (Å²) >= 11 is 0. The molecule has 14 heteroatoms. The van der Waals surface area contributed by atoms with Gasteiger partial charge in [-0.05, 0) is 112 Å². The Balaban J connectivity index is 1.83. The van der Waals surface area contributed by atoms with E-state index < -0.39 is 76.2 Å². The van der Waals surface area contributed by atoms with Crippen LogP contribution in [0, 0.1) is 5.92 Å². The average Bonchev–Trinajstić information content (AvgIpc) is 3.22. The largest absolute Gasteiger partial charge is 0.458 e. The summed E-state index contributed by atoms with van der Waals surface area (Å²) in [7, 11) is 0. The van der Waals surface area contributed by atoms with Crippen molar-refractivity contribution < 1.29 is 43.0 Å². The molecule has 0 saturated carbocycles. The molecule has 0 aliphatic carbocycles. The van der Waals surface area contributed by atoms with E-state index in [1.54, 1.807) is 48.5 Å². The van der Waals surface area contributed by atoms with Gasteiger partial charge in [-0.1, -0.05) is 97.9 Å². The first-order chi connectivity index (χ1) is 29.9. The summed E-state index contributed by atoms with van der Waals surface area (Å²) in [4.78, 5) is 80.9. The lowest BCUT2D eigenvalue weighted by Crippen LogP contribution is -2.56. The summed E-state index contributed by atoms with van der Waals surface area (Å²) in [5, 5.41) is 14.2. The number of alkyl carbamates (subject to hydrolysis) is 1. The quantitative estimate of drug-likeness (QED) is 0.0434. The number of hydrogen-bond acceptors (Lipinski definition) is 9. The Morgan fingerprint density at radius 1 is 0.547 bits per heavy atom. The molecule has 0 heterocycles. The normalized spacial score (nSPS) is 13.9. The van der Waals surface area contributed by atoms with Gasteiger partial charge < -0.3 is 40.8 Å². The van der Waals surface area contributed by atoms with Gasteiger partial charge in [-0.15, -0.1) is 0 Å². The fraction of sp³-hybridized carbons (Fsp3) is 0.520. The molecule has 0 aliphatic rings. The van der Waals surface area contributed by atoms with Gasteiger partial charge in [0.15, 0.2) is 0 Å². The number of esters is 1. The zero-order valence-electron chi connectivity index (χ0n) is 39.6. The lowest BCUT2D eigenvalue weighted by Gasteiger charge is -2.37. The highest BCUT2D eigenvalue weighted by atomic mass is 16.6. The molecule has 64 heavy (non-hydrogen) atoms. The van der Waals surface area contributed by atoms with E-state index in [0.29, 0.717) is 12.8 Å². The van der Waals surface area contributed by atoms with Crippen molar-refractivity contribution in [2.24, 2.45) is 5.92 Å². The highest BCUT2D eigenvalue weighted by Gasteiger charge is 2.38. The number of carbonyl (C=O) groups excluding carboxylic acids is 6. The van der Waals surface area contributed by atoms with E-state index in [9.17, 15) is 28.8 Å². The molecule has 0 radical (unpaired) electrons. The van der Waals surface area contributed by atoms with Crippen molar-refractivity contribution in [3.05, 3.63) is 108 Å². The molecule has 3 aromatic rings. The van der Waals surface area contributed by atoms with Gasteiger partial charge in [0.05, 0.1) is 18.1 Å². The number of carbonyl (C=O) groups is 6. The van der Waals surface area contributed by atoms with Crippen LogP contribution in [0.4, 0.5) is 4.79 Å². The molecule has 0 bridgehead atoms. The molecule has 3 aromatic carbocycles. The first-order valence-electron chi connectivity index (χ1n) is 22.1. The predicted molar refractivity (Wildman–Crippen MR) is 247 cm³/mol. The van der Waals surface area contributed by atoms with E-state index in [2.05, 4.69) is 26.6 Å². The second-order valence-electron chi connectivity index (χ2n) is 19.1. The number of hydrogen-bond donors (Lipinski definition) is 5. The molecule has 0 saturated heterocycles. The Kier molecular flexibility index (Phi) is 19.5. The van der Waals surface area contributed by atoms with Gasteiger partial charge >= 0.3 is 12.1 Å². The van der Waals surface area contributed by atoms with Crippen LogP contribution < -0.4 is 26.6 Å². The predicted octanol–water partition coefficient (Wildman–Crippen LogP) is 6.84. The monoisotopic (exact) mass is 886 g/mol. The second kappa shape index (κ2) is 23.8. The van der Waals surface area contributed by atoms with Gasteiger partial charge in [-0.3, -0.25) is 19.2 Å². The van der Waals surface area contributed by atoms with Crippen molar-refractivity contribution in [2.45, 2.75) is 149 Å². The third-order valence-electron chi connectivity index (χ3n) is 9.80. The maximum absolute atomic E-state index is 14.3. The molecule has 0 aromatic heterocycles. The zero-order valence-corrected chi connectivity index (χ0v) is 39.6. The number of ether oxygens (including phenoxy) is 3. The first kappa shape index (κ1) is 52.6. The Morgan fingerprint density at radius 2 is 1.03 bits per heavy atom. The number of amides is 5. The number of unbranched alkanes of at least 4 members (excludes halogenated alkanes) is 1. The summed E-state index contributed by atoms with van der Waals surface area (Å²) in [6.07, 6.45) is 0.263. The fourth-order valence-electron chi connectivity index (χ4n) is 6.64. The van der Waals surface area contributed by atoms with E-state index in [0.717, 1.165) is 16.7 Å². The first-order valence-corrected chi connectivity index (χ1v) is 22.1. The summed E-state index contributed by atoms with van der Waals surface area (Å²) in [5.41, 5.74) is -0.652. The van der Waals surface area contributed by atoms with Crippen LogP contribution in [0.2, 0.25) is 0 Å². The topological polar surface area (TPSA) is 190 Å².